The molecular formula is C13H16BrN3O. The number of anilines is 1. The van der Waals surface area contributed by atoms with Crippen LogP contribution in [0.1, 0.15) is 11.4 Å². The van der Waals surface area contributed by atoms with Crippen LogP contribution in [0.15, 0.2) is 35.1 Å². The van der Waals surface area contributed by atoms with Gasteiger partial charge < -0.3 is 14.6 Å². The maximum atomic E-state index is 5.22. The average molecular weight is 310 g/mol. The van der Waals surface area contributed by atoms with E-state index in [0.717, 1.165) is 21.5 Å². The number of methoxy groups -OCH3 is 1. The van der Waals surface area contributed by atoms with Crippen LogP contribution in [0.2, 0.25) is 0 Å². The van der Waals surface area contributed by atoms with Crippen LogP contribution >= 0.6 is 15.9 Å². The Kier molecular flexibility index (Phi) is 4.38. The first-order valence-corrected chi connectivity index (χ1v) is 6.48. The van der Waals surface area contributed by atoms with Crippen LogP contribution in [-0.2, 0) is 24.9 Å². The Morgan fingerprint density at radius 1 is 1.44 bits per heavy atom. The molecule has 0 atom stereocenters. The molecule has 18 heavy (non-hydrogen) atoms. The monoisotopic (exact) mass is 309 g/mol. The van der Waals surface area contributed by atoms with Gasteiger partial charge in [-0.05, 0) is 12.1 Å². The van der Waals surface area contributed by atoms with Gasteiger partial charge in [0.05, 0.1) is 13.2 Å². The van der Waals surface area contributed by atoms with E-state index in [2.05, 4.69) is 26.2 Å². The molecule has 1 aromatic carbocycles. The molecular weight excluding hydrogens is 294 g/mol. The SMILES string of the molecule is COCc1c(Br)cccc1NCc1nccn1C. The summed E-state index contributed by atoms with van der Waals surface area (Å²) in [6.45, 7) is 1.26. The van der Waals surface area contributed by atoms with Gasteiger partial charge in [0, 0.05) is 42.3 Å². The van der Waals surface area contributed by atoms with Crippen molar-refractivity contribution in [2.75, 3.05) is 12.4 Å². The Balaban J connectivity index is 2.14. The van der Waals surface area contributed by atoms with Crippen molar-refractivity contribution in [1.29, 1.82) is 0 Å². The van der Waals surface area contributed by atoms with Crippen molar-refractivity contribution in [3.8, 4) is 0 Å². The predicted octanol–water partition coefficient (Wildman–Crippen LogP) is 2.94. The third-order valence-electron chi connectivity index (χ3n) is 2.77. The van der Waals surface area contributed by atoms with Crippen LogP contribution in [-0.4, -0.2) is 16.7 Å². The zero-order valence-corrected chi connectivity index (χ0v) is 12.1. The Morgan fingerprint density at radius 3 is 2.94 bits per heavy atom. The molecule has 1 aromatic heterocycles. The molecule has 0 fully saturated rings. The highest BCUT2D eigenvalue weighted by molar-refractivity contribution is 9.10. The first-order valence-electron chi connectivity index (χ1n) is 5.68. The number of rotatable bonds is 5. The number of aromatic nitrogens is 2. The van der Waals surface area contributed by atoms with E-state index in [1.165, 1.54) is 0 Å². The number of imidazole rings is 1. The molecule has 0 aliphatic carbocycles. The zero-order valence-electron chi connectivity index (χ0n) is 10.5. The highest BCUT2D eigenvalue weighted by Gasteiger charge is 2.07. The van der Waals surface area contributed by atoms with Crippen LogP contribution in [0.3, 0.4) is 0 Å². The van der Waals surface area contributed by atoms with Crippen LogP contribution in [0.4, 0.5) is 5.69 Å². The fourth-order valence-electron chi connectivity index (χ4n) is 1.76. The third-order valence-corrected chi connectivity index (χ3v) is 3.51. The molecule has 2 rings (SSSR count). The van der Waals surface area contributed by atoms with E-state index in [1.807, 2.05) is 36.0 Å². The van der Waals surface area contributed by atoms with Crippen LogP contribution in [0.25, 0.3) is 0 Å². The van der Waals surface area contributed by atoms with Crippen LogP contribution in [0, 0.1) is 0 Å². The Labute approximate surface area is 115 Å². The molecule has 4 nitrogen and oxygen atoms in total. The number of nitrogens with one attached hydrogen (secondary N) is 1. The molecule has 1 N–H and O–H groups in total. The normalized spacial score (nSPS) is 10.6. The number of hydrogen-bond acceptors (Lipinski definition) is 3. The standard InChI is InChI=1S/C13H16BrN3O/c1-17-7-6-15-13(17)8-16-12-5-3-4-11(14)10(12)9-18-2/h3-7,16H,8-9H2,1-2H3. The van der Waals surface area contributed by atoms with Gasteiger partial charge in [0.1, 0.15) is 5.82 Å². The number of ether oxygens (including phenoxy) is 1. The van der Waals surface area contributed by atoms with Crippen molar-refractivity contribution in [1.82, 2.24) is 9.55 Å². The molecule has 0 radical (unpaired) electrons. The quantitative estimate of drug-likeness (QED) is 0.923. The summed E-state index contributed by atoms with van der Waals surface area (Å²) in [5, 5.41) is 3.39. The van der Waals surface area contributed by atoms with Gasteiger partial charge in [-0.1, -0.05) is 22.0 Å². The van der Waals surface area contributed by atoms with Crippen molar-refractivity contribution in [3.05, 3.63) is 46.5 Å². The highest BCUT2D eigenvalue weighted by atomic mass is 79.9. The first kappa shape index (κ1) is 13.1. The predicted molar refractivity (Wildman–Crippen MR) is 75.4 cm³/mol. The lowest BCUT2D eigenvalue weighted by Gasteiger charge is -2.13. The fourth-order valence-corrected chi connectivity index (χ4v) is 2.24. The zero-order chi connectivity index (χ0) is 13.0. The molecule has 0 saturated heterocycles. The summed E-state index contributed by atoms with van der Waals surface area (Å²) in [5.74, 6) is 0.998. The lowest BCUT2D eigenvalue weighted by atomic mass is 10.2. The molecule has 0 spiro atoms. The van der Waals surface area contributed by atoms with Gasteiger partial charge >= 0.3 is 0 Å². The molecule has 2 aromatic rings. The average Bonchev–Trinajstić information content (AvgIpc) is 2.76. The summed E-state index contributed by atoms with van der Waals surface area (Å²) < 4.78 is 8.27. The fraction of sp³-hybridized carbons (Fsp3) is 0.308. The van der Waals surface area contributed by atoms with Crippen molar-refractivity contribution in [3.63, 3.8) is 0 Å². The Bertz CT molecular complexity index is 525. The molecule has 96 valence electrons. The number of halogens is 1. The number of nitrogens with zero attached hydrogens (tertiary/aromatic N) is 2. The number of hydrogen-bond donors (Lipinski definition) is 1. The summed E-state index contributed by atoms with van der Waals surface area (Å²) in [7, 11) is 3.68. The van der Waals surface area contributed by atoms with E-state index < -0.39 is 0 Å². The van der Waals surface area contributed by atoms with Crippen molar-refractivity contribution in [2.24, 2.45) is 7.05 Å². The highest BCUT2D eigenvalue weighted by Crippen LogP contribution is 2.25. The maximum absolute atomic E-state index is 5.22. The summed E-state index contributed by atoms with van der Waals surface area (Å²) in [5.41, 5.74) is 2.18. The van der Waals surface area contributed by atoms with Gasteiger partial charge in [-0.2, -0.15) is 0 Å². The Hall–Kier alpha value is -1.33. The van der Waals surface area contributed by atoms with E-state index in [4.69, 9.17) is 4.74 Å². The maximum Gasteiger partial charge on any atom is 0.127 e. The molecule has 0 amide bonds. The van der Waals surface area contributed by atoms with Gasteiger partial charge in [-0.3, -0.25) is 0 Å². The van der Waals surface area contributed by atoms with Gasteiger partial charge in [0.25, 0.3) is 0 Å². The number of aryl methyl sites for hydroxylation is 1. The first-order chi connectivity index (χ1) is 8.72. The van der Waals surface area contributed by atoms with Crippen LogP contribution in [0.5, 0.6) is 0 Å². The molecule has 5 heteroatoms. The van der Waals surface area contributed by atoms with Crippen molar-refractivity contribution < 1.29 is 4.74 Å². The lowest BCUT2D eigenvalue weighted by Crippen LogP contribution is -2.07. The van der Waals surface area contributed by atoms with E-state index in [-0.39, 0.29) is 0 Å². The second-order valence-corrected chi connectivity index (χ2v) is 4.86. The Morgan fingerprint density at radius 2 is 2.28 bits per heavy atom. The molecule has 0 unspecified atom stereocenters. The molecule has 0 aliphatic heterocycles. The summed E-state index contributed by atoms with van der Waals surface area (Å²) >= 11 is 3.54. The third kappa shape index (κ3) is 2.91. The largest absolute Gasteiger partial charge is 0.380 e. The molecule has 0 aliphatic rings. The van der Waals surface area contributed by atoms with E-state index in [0.29, 0.717) is 13.2 Å². The second kappa shape index (κ2) is 6.02. The topological polar surface area (TPSA) is 39.1 Å². The van der Waals surface area contributed by atoms with E-state index in [9.17, 15) is 0 Å². The molecule has 1 heterocycles. The van der Waals surface area contributed by atoms with Gasteiger partial charge in [-0.15, -0.1) is 0 Å². The van der Waals surface area contributed by atoms with Gasteiger partial charge in [0.15, 0.2) is 0 Å². The van der Waals surface area contributed by atoms with E-state index in [1.54, 1.807) is 13.3 Å². The van der Waals surface area contributed by atoms with Crippen LogP contribution < -0.4 is 5.32 Å². The van der Waals surface area contributed by atoms with Gasteiger partial charge in [-0.25, -0.2) is 4.98 Å². The smallest absolute Gasteiger partial charge is 0.127 e. The van der Waals surface area contributed by atoms with Gasteiger partial charge in [0.2, 0.25) is 0 Å². The second-order valence-electron chi connectivity index (χ2n) is 4.01. The van der Waals surface area contributed by atoms with Crippen molar-refractivity contribution >= 4 is 21.6 Å². The lowest BCUT2D eigenvalue weighted by molar-refractivity contribution is 0.185. The minimum atomic E-state index is 0.574. The molecule has 0 saturated carbocycles. The summed E-state index contributed by atoms with van der Waals surface area (Å²) in [6, 6.07) is 6.06. The minimum Gasteiger partial charge on any atom is -0.380 e. The summed E-state index contributed by atoms with van der Waals surface area (Å²) in [6.07, 6.45) is 3.74. The van der Waals surface area contributed by atoms with Crippen molar-refractivity contribution in [2.45, 2.75) is 13.2 Å². The minimum absolute atomic E-state index is 0.574. The summed E-state index contributed by atoms with van der Waals surface area (Å²) in [4.78, 5) is 4.29. The molecule has 0 bridgehead atoms. The number of benzene rings is 1. The van der Waals surface area contributed by atoms with E-state index >= 15 is 0 Å².